The number of hydrogen-bond acceptors (Lipinski definition) is 4. The monoisotopic (exact) mass is 246 g/mol. The van der Waals surface area contributed by atoms with Gasteiger partial charge >= 0.3 is 0 Å². The molecular weight excluding hydrogens is 232 g/mol. The molecule has 0 radical (unpaired) electrons. The molecule has 2 heterocycles. The number of fused-ring (bicyclic) bond motifs is 1. The largest absolute Gasteiger partial charge is 0.469 e. The van der Waals surface area contributed by atoms with Crippen molar-refractivity contribution in [3.63, 3.8) is 0 Å². The molecular formula is C12H14N4O2. The minimum atomic E-state index is -0.251. The lowest BCUT2D eigenvalue weighted by atomic mass is 9.93. The zero-order chi connectivity index (χ0) is 12.5. The molecule has 2 aromatic heterocycles. The summed E-state index contributed by atoms with van der Waals surface area (Å²) in [5, 5.41) is 9.46. The van der Waals surface area contributed by atoms with Crippen LogP contribution in [0.4, 0.5) is 0 Å². The van der Waals surface area contributed by atoms with E-state index in [1.807, 2.05) is 6.07 Å². The van der Waals surface area contributed by atoms with Gasteiger partial charge in [0, 0.05) is 12.0 Å². The zero-order valence-electron chi connectivity index (χ0n) is 10.1. The fourth-order valence-electron chi connectivity index (χ4n) is 2.30. The third-order valence-corrected chi connectivity index (χ3v) is 3.16. The van der Waals surface area contributed by atoms with Crippen LogP contribution in [0.2, 0.25) is 0 Å². The Balaban J connectivity index is 1.77. The van der Waals surface area contributed by atoms with Gasteiger partial charge in [-0.25, -0.2) is 4.98 Å². The number of aromatic nitrogens is 3. The first-order valence-corrected chi connectivity index (χ1v) is 6.00. The van der Waals surface area contributed by atoms with Gasteiger partial charge in [-0.2, -0.15) is 0 Å². The molecule has 1 amide bonds. The predicted octanol–water partition coefficient (Wildman–Crippen LogP) is 1.51. The van der Waals surface area contributed by atoms with Gasteiger partial charge in [-0.15, -0.1) is 5.10 Å². The Morgan fingerprint density at radius 2 is 2.50 bits per heavy atom. The predicted molar refractivity (Wildman–Crippen MR) is 63.0 cm³/mol. The maximum atomic E-state index is 12.0. The summed E-state index contributed by atoms with van der Waals surface area (Å²) >= 11 is 0. The second kappa shape index (κ2) is 4.29. The highest BCUT2D eigenvalue weighted by Gasteiger charge is 2.25. The first kappa shape index (κ1) is 11.0. The van der Waals surface area contributed by atoms with Gasteiger partial charge in [0.05, 0.1) is 12.3 Å². The summed E-state index contributed by atoms with van der Waals surface area (Å²) in [5.41, 5.74) is 1.07. The molecule has 1 aliphatic rings. The van der Waals surface area contributed by atoms with Crippen LogP contribution in [0, 0.1) is 6.92 Å². The van der Waals surface area contributed by atoms with Crippen molar-refractivity contribution >= 4 is 5.91 Å². The molecule has 2 N–H and O–H groups in total. The minimum Gasteiger partial charge on any atom is -0.469 e. The van der Waals surface area contributed by atoms with Crippen molar-refractivity contribution in [1.82, 2.24) is 20.5 Å². The Morgan fingerprint density at radius 1 is 1.61 bits per heavy atom. The van der Waals surface area contributed by atoms with Crippen LogP contribution in [0.3, 0.4) is 0 Å². The summed E-state index contributed by atoms with van der Waals surface area (Å²) in [6, 6.07) is 1.92. The van der Waals surface area contributed by atoms with Crippen molar-refractivity contribution in [1.29, 1.82) is 0 Å². The Kier molecular flexibility index (Phi) is 2.62. The molecule has 1 unspecified atom stereocenters. The van der Waals surface area contributed by atoms with Crippen molar-refractivity contribution < 1.29 is 9.21 Å². The number of amides is 1. The van der Waals surface area contributed by atoms with E-state index in [2.05, 4.69) is 20.5 Å². The standard InChI is InChI=1S/C12H14N4O2/c1-7-13-11(16-15-7)12(17)14-9-3-2-4-10-8(9)5-6-18-10/h5-6,9H,2-4H2,1H3,(H,14,17)(H,13,15,16). The van der Waals surface area contributed by atoms with Crippen LogP contribution >= 0.6 is 0 Å². The van der Waals surface area contributed by atoms with Gasteiger partial charge in [0.1, 0.15) is 11.6 Å². The Hall–Kier alpha value is -2.11. The number of aryl methyl sites for hydroxylation is 2. The number of carbonyl (C=O) groups is 1. The van der Waals surface area contributed by atoms with Crippen molar-refractivity contribution in [2.75, 3.05) is 0 Å². The summed E-state index contributed by atoms with van der Waals surface area (Å²) < 4.78 is 5.39. The van der Waals surface area contributed by atoms with Crippen LogP contribution in [-0.4, -0.2) is 21.1 Å². The van der Waals surface area contributed by atoms with Crippen LogP contribution in [0.25, 0.3) is 0 Å². The smallest absolute Gasteiger partial charge is 0.291 e. The molecule has 0 aromatic carbocycles. The van der Waals surface area contributed by atoms with E-state index in [0.29, 0.717) is 5.82 Å². The first-order chi connectivity index (χ1) is 8.74. The van der Waals surface area contributed by atoms with Crippen LogP contribution in [0.15, 0.2) is 16.7 Å². The molecule has 94 valence electrons. The highest BCUT2D eigenvalue weighted by Crippen LogP contribution is 2.30. The fraction of sp³-hybridized carbons (Fsp3) is 0.417. The lowest BCUT2D eigenvalue weighted by Gasteiger charge is -2.21. The van der Waals surface area contributed by atoms with E-state index in [9.17, 15) is 4.79 Å². The number of rotatable bonds is 2. The van der Waals surface area contributed by atoms with Gasteiger partial charge in [-0.1, -0.05) is 0 Å². The topological polar surface area (TPSA) is 83.8 Å². The number of H-pyrrole nitrogens is 1. The quantitative estimate of drug-likeness (QED) is 0.841. The maximum absolute atomic E-state index is 12.0. The van der Waals surface area contributed by atoms with Crippen molar-refractivity contribution in [2.45, 2.75) is 32.2 Å². The van der Waals surface area contributed by atoms with Gasteiger partial charge in [-0.3, -0.25) is 9.89 Å². The summed E-state index contributed by atoms with van der Waals surface area (Å²) in [7, 11) is 0. The number of nitrogens with one attached hydrogen (secondary N) is 2. The van der Waals surface area contributed by atoms with E-state index in [1.54, 1.807) is 13.2 Å². The van der Waals surface area contributed by atoms with E-state index >= 15 is 0 Å². The van der Waals surface area contributed by atoms with Gasteiger partial charge in [0.15, 0.2) is 0 Å². The molecule has 1 atom stereocenters. The number of furan rings is 1. The third-order valence-electron chi connectivity index (χ3n) is 3.16. The van der Waals surface area contributed by atoms with Gasteiger partial charge in [0.2, 0.25) is 5.82 Å². The van der Waals surface area contributed by atoms with E-state index in [-0.39, 0.29) is 17.8 Å². The van der Waals surface area contributed by atoms with Gasteiger partial charge in [-0.05, 0) is 25.8 Å². The molecule has 0 fully saturated rings. The number of carbonyl (C=O) groups excluding carboxylic acids is 1. The molecule has 6 nitrogen and oxygen atoms in total. The van der Waals surface area contributed by atoms with Crippen LogP contribution < -0.4 is 5.32 Å². The summed E-state index contributed by atoms with van der Waals surface area (Å²) in [5.74, 6) is 1.53. The Morgan fingerprint density at radius 3 is 3.28 bits per heavy atom. The summed E-state index contributed by atoms with van der Waals surface area (Å²) in [6.45, 7) is 1.76. The molecule has 3 rings (SSSR count). The average Bonchev–Trinajstić information content (AvgIpc) is 2.97. The molecule has 1 aliphatic carbocycles. The average molecular weight is 246 g/mol. The molecule has 0 saturated carbocycles. The van der Waals surface area contributed by atoms with E-state index < -0.39 is 0 Å². The van der Waals surface area contributed by atoms with Gasteiger partial charge < -0.3 is 9.73 Å². The zero-order valence-corrected chi connectivity index (χ0v) is 10.1. The molecule has 2 aromatic rings. The number of hydrogen-bond donors (Lipinski definition) is 2. The summed E-state index contributed by atoms with van der Waals surface area (Å²) in [6.07, 6.45) is 4.54. The van der Waals surface area contributed by atoms with E-state index in [0.717, 1.165) is 30.6 Å². The second-order valence-corrected chi connectivity index (χ2v) is 4.46. The van der Waals surface area contributed by atoms with Crippen LogP contribution in [0.1, 0.15) is 46.7 Å². The number of nitrogens with zero attached hydrogens (tertiary/aromatic N) is 2. The highest BCUT2D eigenvalue weighted by atomic mass is 16.3. The lowest BCUT2D eigenvalue weighted by Crippen LogP contribution is -2.31. The lowest BCUT2D eigenvalue weighted by molar-refractivity contribution is 0.0922. The molecule has 0 spiro atoms. The molecule has 0 bridgehead atoms. The Labute approximate surface area is 104 Å². The van der Waals surface area contributed by atoms with E-state index in [1.165, 1.54) is 0 Å². The SMILES string of the molecule is Cc1nc(C(=O)NC2CCCc3occc32)n[nH]1. The van der Waals surface area contributed by atoms with E-state index in [4.69, 9.17) is 4.42 Å². The Bertz CT molecular complexity index is 572. The highest BCUT2D eigenvalue weighted by molar-refractivity contribution is 5.90. The fourth-order valence-corrected chi connectivity index (χ4v) is 2.30. The normalized spacial score (nSPS) is 18.4. The van der Waals surface area contributed by atoms with Gasteiger partial charge in [0.25, 0.3) is 5.91 Å². The molecule has 0 saturated heterocycles. The maximum Gasteiger partial charge on any atom is 0.291 e. The minimum absolute atomic E-state index is 0.00111. The second-order valence-electron chi connectivity index (χ2n) is 4.46. The molecule has 18 heavy (non-hydrogen) atoms. The van der Waals surface area contributed by atoms with Crippen LogP contribution in [-0.2, 0) is 6.42 Å². The van der Waals surface area contributed by atoms with Crippen molar-refractivity contribution in [3.05, 3.63) is 35.3 Å². The first-order valence-electron chi connectivity index (χ1n) is 6.00. The summed E-state index contributed by atoms with van der Waals surface area (Å²) in [4.78, 5) is 16.0. The molecule has 0 aliphatic heterocycles. The number of aromatic amines is 1. The molecule has 6 heteroatoms. The van der Waals surface area contributed by atoms with Crippen molar-refractivity contribution in [3.8, 4) is 0 Å². The van der Waals surface area contributed by atoms with Crippen LogP contribution in [0.5, 0.6) is 0 Å². The third kappa shape index (κ3) is 1.90. The van der Waals surface area contributed by atoms with Crippen molar-refractivity contribution in [2.24, 2.45) is 0 Å².